The number of benzene rings is 1. The maximum Gasteiger partial charge on any atom is 0.307 e. The number of hydrogen-bond donors (Lipinski definition) is 2. The van der Waals surface area contributed by atoms with Gasteiger partial charge in [-0.3, -0.25) is 9.59 Å². The number of rotatable bonds is 4. The van der Waals surface area contributed by atoms with E-state index in [-0.39, 0.29) is 17.7 Å². The van der Waals surface area contributed by atoms with E-state index in [2.05, 4.69) is 27.3 Å². The molecule has 2 bridgehead atoms. The van der Waals surface area contributed by atoms with E-state index in [1.807, 2.05) is 31.2 Å². The van der Waals surface area contributed by atoms with Gasteiger partial charge in [0.2, 0.25) is 5.91 Å². The number of aliphatic carboxylic acids is 1. The summed E-state index contributed by atoms with van der Waals surface area (Å²) in [6.07, 6.45) is 6.00. The topological polar surface area (TPSA) is 66.4 Å². The molecule has 2 fully saturated rings. The van der Waals surface area contributed by atoms with Crippen LogP contribution in [0.25, 0.3) is 0 Å². The van der Waals surface area contributed by atoms with E-state index in [4.69, 9.17) is 0 Å². The highest BCUT2D eigenvalue weighted by Crippen LogP contribution is 2.63. The molecule has 0 radical (unpaired) electrons. The first-order chi connectivity index (χ1) is 11.5. The Bertz CT molecular complexity index is 744. The Morgan fingerprint density at radius 2 is 1.88 bits per heavy atom. The molecule has 126 valence electrons. The summed E-state index contributed by atoms with van der Waals surface area (Å²) in [4.78, 5) is 24.8. The van der Waals surface area contributed by atoms with E-state index in [0.717, 1.165) is 28.6 Å². The minimum atomic E-state index is -0.841. The van der Waals surface area contributed by atoms with Crippen molar-refractivity contribution in [1.29, 1.82) is 0 Å². The first-order valence-corrected chi connectivity index (χ1v) is 9.31. The van der Waals surface area contributed by atoms with Gasteiger partial charge in [0.05, 0.1) is 11.8 Å². The number of carboxylic acids is 1. The Morgan fingerprint density at radius 3 is 2.50 bits per heavy atom. The van der Waals surface area contributed by atoms with Gasteiger partial charge in [-0.25, -0.2) is 0 Å². The monoisotopic (exact) mass is 389 g/mol. The van der Waals surface area contributed by atoms with Gasteiger partial charge in [0.15, 0.2) is 0 Å². The Morgan fingerprint density at radius 1 is 1.21 bits per heavy atom. The fourth-order valence-corrected chi connectivity index (χ4v) is 5.17. The molecule has 0 unspecified atom stereocenters. The third kappa shape index (κ3) is 2.41. The number of carbonyl (C=O) groups excluding carboxylic acids is 1. The maximum atomic E-state index is 13.0. The SMILES string of the molecule is CCc1cc(Br)ccc1NC(=O)[C@H]1[C@H]2C=C[C@H]([C@H]3C[C@H]23)[C@@H]1C(=O)O. The standard InChI is InChI=1S/C19H20BrNO3/c1-2-9-7-10(20)3-6-15(9)21-18(22)16-11-4-5-12(14-8-13(11)14)17(16)19(23)24/h3-7,11-14,16-17H,2,8H2,1H3,(H,21,22)(H,23,24)/t11-,12+,13+,14+,16-,17-/m0/s1. The molecule has 4 aliphatic carbocycles. The lowest BCUT2D eigenvalue weighted by molar-refractivity contribution is -0.152. The number of halogens is 1. The van der Waals surface area contributed by atoms with E-state index in [9.17, 15) is 14.7 Å². The Balaban J connectivity index is 1.62. The van der Waals surface area contributed by atoms with Crippen LogP contribution in [0.2, 0.25) is 0 Å². The Labute approximate surface area is 149 Å². The summed E-state index contributed by atoms with van der Waals surface area (Å²) in [5.41, 5.74) is 1.83. The van der Waals surface area contributed by atoms with Crippen molar-refractivity contribution in [1.82, 2.24) is 0 Å². The van der Waals surface area contributed by atoms with Crippen molar-refractivity contribution in [2.24, 2.45) is 35.5 Å². The minimum Gasteiger partial charge on any atom is -0.481 e. The number of anilines is 1. The van der Waals surface area contributed by atoms with Crippen molar-refractivity contribution in [3.63, 3.8) is 0 Å². The number of carbonyl (C=O) groups is 2. The third-order valence-electron chi connectivity index (χ3n) is 5.95. The zero-order valence-corrected chi connectivity index (χ0v) is 15.0. The van der Waals surface area contributed by atoms with Crippen LogP contribution in [-0.4, -0.2) is 17.0 Å². The van der Waals surface area contributed by atoms with Gasteiger partial charge in [-0.1, -0.05) is 35.0 Å². The third-order valence-corrected chi connectivity index (χ3v) is 6.44. The number of hydrogen-bond acceptors (Lipinski definition) is 2. The Hall–Kier alpha value is -1.62. The molecular weight excluding hydrogens is 370 g/mol. The summed E-state index contributed by atoms with van der Waals surface area (Å²) in [6.45, 7) is 2.04. The van der Waals surface area contributed by atoms with Crippen molar-refractivity contribution in [3.05, 3.63) is 40.4 Å². The fourth-order valence-electron chi connectivity index (χ4n) is 4.76. The summed E-state index contributed by atoms with van der Waals surface area (Å²) in [5, 5.41) is 12.7. The molecule has 5 rings (SSSR count). The molecule has 4 aliphatic rings. The van der Waals surface area contributed by atoms with E-state index in [1.54, 1.807) is 0 Å². The lowest BCUT2D eigenvalue weighted by atomic mass is 9.62. The summed E-state index contributed by atoms with van der Waals surface area (Å²) in [5.74, 6) is -0.981. The van der Waals surface area contributed by atoms with E-state index in [0.29, 0.717) is 11.8 Å². The van der Waals surface area contributed by atoms with E-state index < -0.39 is 17.8 Å². The van der Waals surface area contributed by atoms with Gasteiger partial charge in [-0.15, -0.1) is 0 Å². The fraction of sp³-hybridized carbons (Fsp3) is 0.474. The van der Waals surface area contributed by atoms with Gasteiger partial charge < -0.3 is 10.4 Å². The van der Waals surface area contributed by atoms with E-state index in [1.165, 1.54) is 0 Å². The molecule has 2 N–H and O–H groups in total. The van der Waals surface area contributed by atoms with Crippen LogP contribution in [0.15, 0.2) is 34.8 Å². The average Bonchev–Trinajstić information content (AvgIpc) is 3.37. The second-order valence-corrected chi connectivity index (χ2v) is 8.05. The molecule has 1 amide bonds. The van der Waals surface area contributed by atoms with Crippen molar-refractivity contribution in [3.8, 4) is 0 Å². The van der Waals surface area contributed by atoms with Crippen molar-refractivity contribution < 1.29 is 14.7 Å². The van der Waals surface area contributed by atoms with Crippen LogP contribution in [0.5, 0.6) is 0 Å². The summed E-state index contributed by atoms with van der Waals surface area (Å²) < 4.78 is 0.973. The summed E-state index contributed by atoms with van der Waals surface area (Å²) in [6, 6.07) is 5.77. The molecule has 5 heteroatoms. The second kappa shape index (κ2) is 5.73. The van der Waals surface area contributed by atoms with Gasteiger partial charge in [-0.2, -0.15) is 0 Å². The van der Waals surface area contributed by atoms with Crippen LogP contribution >= 0.6 is 15.9 Å². The largest absolute Gasteiger partial charge is 0.481 e. The van der Waals surface area contributed by atoms with Crippen molar-refractivity contribution >= 4 is 33.5 Å². The summed E-state index contributed by atoms with van der Waals surface area (Å²) in [7, 11) is 0. The second-order valence-electron chi connectivity index (χ2n) is 7.14. The molecule has 6 atom stereocenters. The predicted molar refractivity (Wildman–Crippen MR) is 94.5 cm³/mol. The molecule has 1 aromatic rings. The van der Waals surface area contributed by atoms with E-state index >= 15 is 0 Å². The average molecular weight is 390 g/mol. The highest BCUT2D eigenvalue weighted by atomic mass is 79.9. The summed E-state index contributed by atoms with van der Waals surface area (Å²) >= 11 is 3.45. The molecular formula is C19H20BrNO3. The number of nitrogens with one attached hydrogen (secondary N) is 1. The molecule has 0 saturated heterocycles. The van der Waals surface area contributed by atoms with Gasteiger partial charge in [0.1, 0.15) is 0 Å². The molecule has 0 heterocycles. The Kier molecular flexibility index (Phi) is 3.79. The lowest BCUT2D eigenvalue weighted by Crippen LogP contribution is -2.48. The van der Waals surface area contributed by atoms with Gasteiger partial charge in [0, 0.05) is 10.2 Å². The molecule has 2 saturated carbocycles. The van der Waals surface area contributed by atoms with Crippen LogP contribution in [-0.2, 0) is 16.0 Å². The van der Waals surface area contributed by atoms with Crippen LogP contribution in [0.3, 0.4) is 0 Å². The zero-order valence-electron chi connectivity index (χ0n) is 13.4. The highest BCUT2D eigenvalue weighted by molar-refractivity contribution is 9.10. The first kappa shape index (κ1) is 15.9. The number of amides is 1. The molecule has 24 heavy (non-hydrogen) atoms. The van der Waals surface area contributed by atoms with Crippen molar-refractivity contribution in [2.75, 3.05) is 5.32 Å². The van der Waals surface area contributed by atoms with Crippen molar-refractivity contribution in [2.45, 2.75) is 19.8 Å². The van der Waals surface area contributed by atoms with Crippen LogP contribution in [0, 0.1) is 35.5 Å². The molecule has 0 aliphatic heterocycles. The number of allylic oxidation sites excluding steroid dienone is 2. The van der Waals surface area contributed by atoms with Crippen LogP contribution in [0.1, 0.15) is 18.9 Å². The normalized spacial score (nSPS) is 35.4. The molecule has 0 spiro atoms. The molecule has 4 nitrogen and oxygen atoms in total. The van der Waals surface area contributed by atoms with Crippen LogP contribution in [0.4, 0.5) is 5.69 Å². The molecule has 1 aromatic carbocycles. The van der Waals surface area contributed by atoms with Crippen LogP contribution < -0.4 is 5.32 Å². The molecule has 0 aromatic heterocycles. The van der Waals surface area contributed by atoms with Gasteiger partial charge >= 0.3 is 5.97 Å². The quantitative estimate of drug-likeness (QED) is 0.771. The minimum absolute atomic E-state index is 0.0174. The number of carboxylic acid groups (broad SMARTS) is 1. The van der Waals surface area contributed by atoms with Gasteiger partial charge in [-0.05, 0) is 60.3 Å². The highest BCUT2D eigenvalue weighted by Gasteiger charge is 2.62. The maximum absolute atomic E-state index is 13.0. The first-order valence-electron chi connectivity index (χ1n) is 8.51. The number of aryl methyl sites for hydroxylation is 1. The van der Waals surface area contributed by atoms with Gasteiger partial charge in [0.25, 0.3) is 0 Å². The number of fused-ring (bicyclic) bond motifs is 1. The lowest BCUT2D eigenvalue weighted by Gasteiger charge is -2.41. The predicted octanol–water partition coefficient (Wildman–Crippen LogP) is 3.72. The zero-order chi connectivity index (χ0) is 17.0. The smallest absolute Gasteiger partial charge is 0.307 e.